The maximum Gasteiger partial charge on any atom is 0.104 e. The van der Waals surface area contributed by atoms with E-state index in [1.165, 1.54) is 70.0 Å². The van der Waals surface area contributed by atoms with E-state index in [0.29, 0.717) is 0 Å². The van der Waals surface area contributed by atoms with Crippen LogP contribution in [0.4, 0.5) is 0 Å². The minimum Gasteiger partial charge on any atom is -0.108 e. The lowest BCUT2D eigenvalue weighted by atomic mass is 10.1. The van der Waals surface area contributed by atoms with Crippen LogP contribution in [0.1, 0.15) is 78.1 Å². The molecule has 0 saturated heterocycles. The first kappa shape index (κ1) is 18.8. The van der Waals surface area contributed by atoms with Crippen molar-refractivity contribution in [3.63, 3.8) is 0 Å². The molecule has 0 fully saturated rings. The van der Waals surface area contributed by atoms with Crippen LogP contribution in [-0.4, -0.2) is 15.0 Å². The van der Waals surface area contributed by atoms with Crippen molar-refractivity contribution in [2.45, 2.75) is 78.1 Å². The Balaban J connectivity index is 3.01. The molecule has 0 aromatic rings. The zero-order chi connectivity index (χ0) is 13.5. The minimum atomic E-state index is 1.11. The summed E-state index contributed by atoms with van der Waals surface area (Å²) in [6.45, 7) is 4.45. The Morgan fingerprint density at radius 3 is 1.72 bits per heavy atom. The van der Waals surface area contributed by atoms with Crippen LogP contribution in [-0.2, 0) is 0 Å². The lowest BCUT2D eigenvalue weighted by Crippen LogP contribution is -1.87. The van der Waals surface area contributed by atoms with Crippen molar-refractivity contribution in [1.82, 2.24) is 0 Å². The van der Waals surface area contributed by atoms with Crippen LogP contribution in [0.3, 0.4) is 0 Å². The summed E-state index contributed by atoms with van der Waals surface area (Å²) in [5, 5.41) is 0. The number of hydrogen-bond donors (Lipinski definition) is 0. The predicted octanol–water partition coefficient (Wildman–Crippen LogP) is 6.68. The van der Waals surface area contributed by atoms with E-state index in [4.69, 9.17) is 12.2 Å². The fraction of sp³-hybridized carbons (Fsp3) is 0.933. The number of thiocarbonyl (C=S) groups is 1. The molecule has 0 N–H and O–H groups in total. The lowest BCUT2D eigenvalue weighted by molar-refractivity contribution is 0.563. The summed E-state index contributed by atoms with van der Waals surface area (Å²) in [6.07, 6.45) is 14.2. The van der Waals surface area contributed by atoms with Gasteiger partial charge in [0.25, 0.3) is 0 Å². The Labute approximate surface area is 128 Å². The number of rotatable bonds is 12. The molecular formula is C15H30S3. The van der Waals surface area contributed by atoms with Crippen LogP contribution in [0.2, 0.25) is 0 Å². The molecule has 0 aliphatic heterocycles. The van der Waals surface area contributed by atoms with Gasteiger partial charge in [-0.25, -0.2) is 0 Å². The molecule has 0 aromatic heterocycles. The van der Waals surface area contributed by atoms with Crippen molar-refractivity contribution in [1.29, 1.82) is 0 Å². The van der Waals surface area contributed by atoms with Gasteiger partial charge in [0.1, 0.15) is 3.53 Å². The Kier molecular flexibility index (Phi) is 16.5. The van der Waals surface area contributed by atoms with Gasteiger partial charge in [-0.1, -0.05) is 83.9 Å². The quantitative estimate of drug-likeness (QED) is 0.291. The average molecular weight is 307 g/mol. The van der Waals surface area contributed by atoms with Gasteiger partial charge in [-0.3, -0.25) is 0 Å². The third kappa shape index (κ3) is 14.8. The highest BCUT2D eigenvalue weighted by molar-refractivity contribution is 8.47. The van der Waals surface area contributed by atoms with Crippen LogP contribution in [0.25, 0.3) is 0 Å². The summed E-state index contributed by atoms with van der Waals surface area (Å²) in [4.78, 5) is 0. The summed E-state index contributed by atoms with van der Waals surface area (Å²) < 4.78 is 1.13. The highest BCUT2D eigenvalue weighted by atomic mass is 32.2. The molecule has 0 amide bonds. The van der Waals surface area contributed by atoms with Crippen LogP contribution >= 0.6 is 35.7 Å². The minimum absolute atomic E-state index is 1.11. The smallest absolute Gasteiger partial charge is 0.104 e. The molecule has 0 aromatic carbocycles. The third-order valence-corrected chi connectivity index (χ3v) is 5.65. The maximum absolute atomic E-state index is 5.25. The van der Waals surface area contributed by atoms with Gasteiger partial charge >= 0.3 is 0 Å². The average Bonchev–Trinajstić information content (AvgIpc) is 2.36. The Morgan fingerprint density at radius 2 is 1.22 bits per heavy atom. The standard InChI is InChI=1S/C15H30S3/c1-3-5-6-7-8-9-10-11-12-13-14-18-15(16)17-4-2/h3-14H2,1-2H3. The van der Waals surface area contributed by atoms with E-state index in [2.05, 4.69) is 13.8 Å². The van der Waals surface area contributed by atoms with Crippen molar-refractivity contribution in [2.24, 2.45) is 0 Å². The lowest BCUT2D eigenvalue weighted by Gasteiger charge is -2.03. The topological polar surface area (TPSA) is 0 Å². The van der Waals surface area contributed by atoms with E-state index in [1.807, 2.05) is 11.8 Å². The molecule has 0 aliphatic rings. The third-order valence-electron chi connectivity index (χ3n) is 2.98. The van der Waals surface area contributed by atoms with Crippen molar-refractivity contribution >= 4 is 39.3 Å². The largest absolute Gasteiger partial charge is 0.108 e. The Hall–Kier alpha value is 0.790. The van der Waals surface area contributed by atoms with Gasteiger partial charge < -0.3 is 0 Å². The highest BCUT2D eigenvalue weighted by Gasteiger charge is 1.97. The first-order chi connectivity index (χ1) is 8.81. The molecule has 0 atom stereocenters. The van der Waals surface area contributed by atoms with Gasteiger partial charge in [0.2, 0.25) is 0 Å². The normalized spacial score (nSPS) is 10.8. The van der Waals surface area contributed by atoms with Gasteiger partial charge in [0, 0.05) is 0 Å². The maximum atomic E-state index is 5.25. The second-order valence-electron chi connectivity index (χ2n) is 4.71. The zero-order valence-corrected chi connectivity index (χ0v) is 14.7. The van der Waals surface area contributed by atoms with Crippen molar-refractivity contribution in [3.8, 4) is 0 Å². The molecule has 18 heavy (non-hydrogen) atoms. The zero-order valence-electron chi connectivity index (χ0n) is 12.2. The van der Waals surface area contributed by atoms with E-state index >= 15 is 0 Å². The second kappa shape index (κ2) is 15.8. The summed E-state index contributed by atoms with van der Waals surface area (Å²) in [5.41, 5.74) is 0. The monoisotopic (exact) mass is 306 g/mol. The molecule has 0 saturated carbocycles. The molecule has 3 heteroatoms. The molecule has 0 aliphatic carbocycles. The summed E-state index contributed by atoms with van der Waals surface area (Å²) in [7, 11) is 0. The Morgan fingerprint density at radius 1 is 0.722 bits per heavy atom. The van der Waals surface area contributed by atoms with Gasteiger partial charge in [-0.15, -0.1) is 23.5 Å². The first-order valence-electron chi connectivity index (χ1n) is 7.60. The molecule has 108 valence electrons. The molecule has 0 nitrogen and oxygen atoms in total. The van der Waals surface area contributed by atoms with E-state index in [9.17, 15) is 0 Å². The van der Waals surface area contributed by atoms with Crippen molar-refractivity contribution in [3.05, 3.63) is 0 Å². The van der Waals surface area contributed by atoms with Crippen molar-refractivity contribution < 1.29 is 0 Å². The molecule has 0 rings (SSSR count). The summed E-state index contributed by atoms with van der Waals surface area (Å²) in [5.74, 6) is 2.34. The molecule has 0 bridgehead atoms. The summed E-state index contributed by atoms with van der Waals surface area (Å²) in [6, 6.07) is 0. The number of unbranched alkanes of at least 4 members (excludes halogenated alkanes) is 9. The highest BCUT2D eigenvalue weighted by Crippen LogP contribution is 2.19. The Bertz CT molecular complexity index is 181. The predicted molar refractivity (Wildman–Crippen MR) is 95.0 cm³/mol. The van der Waals surface area contributed by atoms with Crippen LogP contribution in [0.15, 0.2) is 0 Å². The van der Waals surface area contributed by atoms with Gasteiger partial charge in [0.15, 0.2) is 0 Å². The second-order valence-corrected chi connectivity index (χ2v) is 8.28. The van der Waals surface area contributed by atoms with Crippen LogP contribution in [0, 0.1) is 0 Å². The number of hydrogen-bond acceptors (Lipinski definition) is 3. The van der Waals surface area contributed by atoms with Gasteiger partial charge in [-0.05, 0) is 17.9 Å². The fourth-order valence-corrected chi connectivity index (χ4v) is 4.20. The first-order valence-corrected chi connectivity index (χ1v) is 9.98. The SMILES string of the molecule is CCCCCCCCCCCCSC(=S)SCC. The number of thioether (sulfide) groups is 2. The van der Waals surface area contributed by atoms with E-state index in [-0.39, 0.29) is 0 Å². The van der Waals surface area contributed by atoms with Crippen LogP contribution < -0.4 is 0 Å². The van der Waals surface area contributed by atoms with Crippen molar-refractivity contribution in [2.75, 3.05) is 11.5 Å². The van der Waals surface area contributed by atoms with Gasteiger partial charge in [0.05, 0.1) is 0 Å². The molecule has 0 heterocycles. The van der Waals surface area contributed by atoms with Crippen LogP contribution in [0.5, 0.6) is 0 Å². The van der Waals surface area contributed by atoms with E-state index < -0.39 is 0 Å². The molecule has 0 radical (unpaired) electrons. The fourth-order valence-electron chi connectivity index (χ4n) is 1.90. The van der Waals surface area contributed by atoms with Gasteiger partial charge in [-0.2, -0.15) is 0 Å². The molecule has 0 unspecified atom stereocenters. The summed E-state index contributed by atoms with van der Waals surface area (Å²) >= 11 is 8.93. The molecule has 0 spiro atoms. The van der Waals surface area contributed by atoms with E-state index in [0.717, 1.165) is 9.28 Å². The van der Waals surface area contributed by atoms with E-state index in [1.54, 1.807) is 11.8 Å². The molecular weight excluding hydrogens is 276 g/mol.